The molecule has 214 valence electrons. The van der Waals surface area contributed by atoms with E-state index in [1.807, 2.05) is 4.90 Å². The Morgan fingerprint density at radius 2 is 1.25 bits per heavy atom. The monoisotopic (exact) mass is 565 g/mol. The fourth-order valence-corrected chi connectivity index (χ4v) is 5.11. The van der Waals surface area contributed by atoms with E-state index in [9.17, 15) is 26.3 Å². The molecule has 40 heavy (non-hydrogen) atoms. The van der Waals surface area contributed by atoms with Crippen molar-refractivity contribution in [3.8, 4) is 5.88 Å². The third kappa shape index (κ3) is 6.89. The summed E-state index contributed by atoms with van der Waals surface area (Å²) in [6.45, 7) is 2.58. The van der Waals surface area contributed by atoms with Crippen LogP contribution in [0.25, 0.3) is 0 Å². The zero-order valence-corrected chi connectivity index (χ0v) is 21.5. The van der Waals surface area contributed by atoms with Gasteiger partial charge in [0.25, 0.3) is 0 Å². The topological polar surface area (TPSA) is 53.5 Å². The maximum absolute atomic E-state index is 12.8. The van der Waals surface area contributed by atoms with Gasteiger partial charge in [0.1, 0.15) is 18.2 Å². The normalized spacial score (nSPS) is 20.4. The molecule has 0 bridgehead atoms. The molecule has 2 heterocycles. The number of aromatic nitrogens is 2. The summed E-state index contributed by atoms with van der Waals surface area (Å²) in [5.74, 6) is 1.21. The maximum atomic E-state index is 12.8. The molecule has 1 aliphatic heterocycles. The van der Waals surface area contributed by atoms with E-state index in [0.717, 1.165) is 61.5 Å². The van der Waals surface area contributed by atoms with E-state index >= 15 is 0 Å². The van der Waals surface area contributed by atoms with Crippen LogP contribution in [0.1, 0.15) is 36.8 Å². The van der Waals surface area contributed by atoms with Crippen LogP contribution in [-0.2, 0) is 12.4 Å². The first kappa shape index (κ1) is 27.9. The highest BCUT2D eigenvalue weighted by molar-refractivity contribution is 5.51. The molecule has 3 aromatic rings. The molecule has 2 aromatic carbocycles. The molecule has 1 N–H and O–H groups in total. The standard InChI is InChI=1S/C28H29F6N5O/c29-27(30,31)19-1-5-21(6-2-19)37-22-7-11-24(12-8-22)40-26-17-25(35-18-36-26)39-15-13-38(14-16-39)23-9-3-20(4-10-23)28(32,33)34/h1-6,9-10,17-18,22,24,37H,7-8,11-16H2. The zero-order chi connectivity index (χ0) is 28.3. The van der Waals surface area contributed by atoms with E-state index in [0.29, 0.717) is 37.7 Å². The molecule has 0 radical (unpaired) electrons. The number of ether oxygens (including phenoxy) is 1. The Kier molecular flexibility index (Phi) is 7.95. The molecular formula is C28H29F6N5O. The van der Waals surface area contributed by atoms with Crippen LogP contribution < -0.4 is 19.9 Å². The van der Waals surface area contributed by atoms with Crippen LogP contribution in [0.5, 0.6) is 5.88 Å². The van der Waals surface area contributed by atoms with Crippen molar-refractivity contribution in [2.24, 2.45) is 0 Å². The van der Waals surface area contributed by atoms with Gasteiger partial charge in [-0.3, -0.25) is 0 Å². The van der Waals surface area contributed by atoms with Crippen molar-refractivity contribution in [1.29, 1.82) is 0 Å². The molecule has 0 spiro atoms. The van der Waals surface area contributed by atoms with Gasteiger partial charge in [-0.2, -0.15) is 26.3 Å². The van der Waals surface area contributed by atoms with Gasteiger partial charge < -0.3 is 19.9 Å². The van der Waals surface area contributed by atoms with Gasteiger partial charge in [-0.25, -0.2) is 9.97 Å². The second kappa shape index (κ2) is 11.4. The summed E-state index contributed by atoms with van der Waals surface area (Å²) in [6, 6.07) is 12.2. The van der Waals surface area contributed by atoms with Crippen LogP contribution >= 0.6 is 0 Å². The number of piperazine rings is 1. The molecule has 2 aliphatic rings. The van der Waals surface area contributed by atoms with E-state index in [1.54, 1.807) is 6.07 Å². The van der Waals surface area contributed by atoms with Crippen molar-refractivity contribution in [3.05, 3.63) is 72.1 Å². The van der Waals surface area contributed by atoms with Crippen molar-refractivity contribution in [2.45, 2.75) is 50.2 Å². The zero-order valence-electron chi connectivity index (χ0n) is 21.5. The second-order valence-electron chi connectivity index (χ2n) is 10.0. The third-order valence-electron chi connectivity index (χ3n) is 7.34. The number of halogens is 6. The Morgan fingerprint density at radius 3 is 1.82 bits per heavy atom. The molecule has 1 saturated heterocycles. The highest BCUT2D eigenvalue weighted by Crippen LogP contribution is 2.32. The number of nitrogens with zero attached hydrogens (tertiary/aromatic N) is 4. The first-order chi connectivity index (χ1) is 19.0. The Hall–Kier alpha value is -3.70. The number of hydrogen-bond donors (Lipinski definition) is 1. The Morgan fingerprint density at radius 1 is 0.700 bits per heavy atom. The summed E-state index contributed by atoms with van der Waals surface area (Å²) >= 11 is 0. The van der Waals surface area contributed by atoms with Crippen molar-refractivity contribution in [2.75, 3.05) is 41.3 Å². The van der Waals surface area contributed by atoms with Crippen molar-refractivity contribution < 1.29 is 31.1 Å². The third-order valence-corrected chi connectivity index (χ3v) is 7.34. The highest BCUT2D eigenvalue weighted by atomic mass is 19.4. The lowest BCUT2D eigenvalue weighted by atomic mass is 9.92. The maximum Gasteiger partial charge on any atom is 0.416 e. The number of benzene rings is 2. The van der Waals surface area contributed by atoms with Crippen LogP contribution in [0.4, 0.5) is 43.5 Å². The Labute approximate surface area is 228 Å². The molecule has 0 unspecified atom stereocenters. The molecule has 5 rings (SSSR count). The SMILES string of the molecule is FC(F)(F)c1ccc(NC2CCC(Oc3cc(N4CCN(c5ccc(C(F)(F)F)cc5)CC4)ncn3)CC2)cc1. The molecule has 12 heteroatoms. The lowest BCUT2D eigenvalue weighted by molar-refractivity contribution is -0.138. The number of nitrogens with one attached hydrogen (secondary N) is 1. The van der Waals surface area contributed by atoms with Crippen molar-refractivity contribution >= 4 is 17.2 Å². The van der Waals surface area contributed by atoms with Gasteiger partial charge >= 0.3 is 12.4 Å². The van der Waals surface area contributed by atoms with Crippen LogP contribution in [-0.4, -0.2) is 48.3 Å². The number of hydrogen-bond acceptors (Lipinski definition) is 6. The molecular weight excluding hydrogens is 536 g/mol. The van der Waals surface area contributed by atoms with E-state index < -0.39 is 23.5 Å². The lowest BCUT2D eigenvalue weighted by Gasteiger charge is -2.37. The van der Waals surface area contributed by atoms with Gasteiger partial charge in [-0.15, -0.1) is 0 Å². The number of alkyl halides is 6. The highest BCUT2D eigenvalue weighted by Gasteiger charge is 2.31. The molecule has 1 aliphatic carbocycles. The summed E-state index contributed by atoms with van der Waals surface area (Å²) in [4.78, 5) is 12.8. The largest absolute Gasteiger partial charge is 0.474 e. The predicted molar refractivity (Wildman–Crippen MR) is 140 cm³/mol. The molecule has 0 amide bonds. The van der Waals surface area contributed by atoms with Crippen molar-refractivity contribution in [1.82, 2.24) is 9.97 Å². The minimum Gasteiger partial charge on any atom is -0.474 e. The summed E-state index contributed by atoms with van der Waals surface area (Å²) in [7, 11) is 0. The van der Waals surface area contributed by atoms with Crippen LogP contribution in [0, 0.1) is 0 Å². The van der Waals surface area contributed by atoms with E-state index in [4.69, 9.17) is 4.74 Å². The quantitative estimate of drug-likeness (QED) is 0.338. The average molecular weight is 566 g/mol. The van der Waals surface area contributed by atoms with Gasteiger partial charge in [0.15, 0.2) is 0 Å². The molecule has 1 aromatic heterocycles. The number of anilines is 3. The van der Waals surface area contributed by atoms with E-state index in [-0.39, 0.29) is 12.1 Å². The van der Waals surface area contributed by atoms with Gasteiger partial charge in [-0.1, -0.05) is 0 Å². The Balaban J connectivity index is 1.09. The lowest BCUT2D eigenvalue weighted by Crippen LogP contribution is -2.46. The van der Waals surface area contributed by atoms with E-state index in [1.165, 1.54) is 30.6 Å². The second-order valence-corrected chi connectivity index (χ2v) is 10.0. The number of rotatable bonds is 6. The van der Waals surface area contributed by atoms with Gasteiger partial charge in [0, 0.05) is 49.7 Å². The molecule has 0 atom stereocenters. The van der Waals surface area contributed by atoms with Crippen molar-refractivity contribution in [3.63, 3.8) is 0 Å². The fourth-order valence-electron chi connectivity index (χ4n) is 5.11. The summed E-state index contributed by atoms with van der Waals surface area (Å²) in [5, 5.41) is 3.31. The summed E-state index contributed by atoms with van der Waals surface area (Å²) in [6.07, 6.45) is -4.07. The first-order valence-corrected chi connectivity index (χ1v) is 13.1. The minimum absolute atomic E-state index is 0.0232. The van der Waals surface area contributed by atoms with Gasteiger partial charge in [0.05, 0.1) is 11.1 Å². The van der Waals surface area contributed by atoms with Gasteiger partial charge in [0.2, 0.25) is 5.88 Å². The Bertz CT molecular complexity index is 1250. The predicted octanol–water partition coefficient (Wildman–Crippen LogP) is 6.64. The summed E-state index contributed by atoms with van der Waals surface area (Å²) in [5.41, 5.74) is 0.0895. The van der Waals surface area contributed by atoms with Crippen LogP contribution in [0.15, 0.2) is 60.9 Å². The summed E-state index contributed by atoms with van der Waals surface area (Å²) < 4.78 is 83.0. The molecule has 6 nitrogen and oxygen atoms in total. The minimum atomic E-state index is -4.35. The van der Waals surface area contributed by atoms with E-state index in [2.05, 4.69) is 20.2 Å². The first-order valence-electron chi connectivity index (χ1n) is 13.1. The molecule has 1 saturated carbocycles. The molecule has 2 fully saturated rings. The van der Waals surface area contributed by atoms with Crippen LogP contribution in [0.3, 0.4) is 0 Å². The smallest absolute Gasteiger partial charge is 0.416 e. The van der Waals surface area contributed by atoms with Gasteiger partial charge in [-0.05, 0) is 74.2 Å². The van der Waals surface area contributed by atoms with Crippen LogP contribution in [0.2, 0.25) is 0 Å². The average Bonchev–Trinajstić information content (AvgIpc) is 2.94. The fraction of sp³-hybridized carbons (Fsp3) is 0.429.